The maximum atomic E-state index is 7.15. The zero-order chi connectivity index (χ0) is 71.7. The molecule has 0 fully saturated rings. The van der Waals surface area contributed by atoms with Gasteiger partial charge in [0.05, 0.1) is 11.4 Å². The highest BCUT2D eigenvalue weighted by Crippen LogP contribution is 2.50. The van der Waals surface area contributed by atoms with Gasteiger partial charge in [-0.3, -0.25) is 0 Å². The third-order valence-corrected chi connectivity index (χ3v) is 20.9. The van der Waals surface area contributed by atoms with E-state index in [0.29, 0.717) is 0 Å². The second-order valence-electron chi connectivity index (χ2n) is 27.4. The lowest BCUT2D eigenvalue weighted by molar-refractivity contribution is 0.670. The van der Waals surface area contributed by atoms with Crippen molar-refractivity contribution in [2.45, 2.75) is 0 Å². The van der Waals surface area contributed by atoms with Crippen molar-refractivity contribution in [3.8, 4) is 89.0 Å². The summed E-state index contributed by atoms with van der Waals surface area (Å²) in [6, 6.07) is 151. The van der Waals surface area contributed by atoms with Crippen molar-refractivity contribution in [2.75, 3.05) is 9.80 Å². The highest BCUT2D eigenvalue weighted by Gasteiger charge is 2.26. The second kappa shape index (κ2) is 28.4. The first-order valence-corrected chi connectivity index (χ1v) is 36.8. The van der Waals surface area contributed by atoms with Crippen LogP contribution in [-0.4, -0.2) is 0 Å². The van der Waals surface area contributed by atoms with Crippen molar-refractivity contribution >= 4 is 99.5 Å². The topological polar surface area (TPSA) is 32.8 Å². The van der Waals surface area contributed by atoms with Crippen LogP contribution in [0.15, 0.2) is 433 Å². The van der Waals surface area contributed by atoms with E-state index >= 15 is 0 Å². The number of hydrogen-bond donors (Lipinski definition) is 0. The van der Waals surface area contributed by atoms with E-state index in [1.165, 1.54) is 54.9 Å². The molecule has 508 valence electrons. The quantitative estimate of drug-likeness (QED) is 0.109. The lowest BCUT2D eigenvalue weighted by Gasteiger charge is -2.26. The van der Waals surface area contributed by atoms with E-state index in [0.717, 1.165) is 134 Å². The Balaban J connectivity index is 0.000000147. The molecule has 0 aliphatic heterocycles. The Kier molecular flexibility index (Phi) is 17.0. The minimum Gasteiger partial charge on any atom is -0.453 e. The van der Waals surface area contributed by atoms with Crippen LogP contribution in [0.5, 0.6) is 0 Å². The monoisotopic (exact) mass is 1380 g/mol. The molecule has 20 rings (SSSR count). The molecule has 0 spiro atoms. The predicted octanol–water partition coefficient (Wildman–Crippen LogP) is 29.8. The maximum Gasteiger partial charge on any atom is 0.159 e. The number of nitrogens with zero attached hydrogens (tertiary/aromatic N) is 2. The fourth-order valence-corrected chi connectivity index (χ4v) is 15.7. The molecule has 0 bridgehead atoms. The lowest BCUT2D eigenvalue weighted by atomic mass is 9.96. The molecule has 20 aromatic rings. The number of fused-ring (bicyclic) bond motifs is 10. The van der Waals surface area contributed by atoms with Crippen molar-refractivity contribution in [3.05, 3.63) is 425 Å². The van der Waals surface area contributed by atoms with Crippen LogP contribution < -0.4 is 9.80 Å². The zero-order valence-electron chi connectivity index (χ0n) is 59.1. The molecule has 0 radical (unpaired) electrons. The van der Waals surface area contributed by atoms with Crippen LogP contribution in [0.1, 0.15) is 0 Å². The Morgan fingerprint density at radius 2 is 0.398 bits per heavy atom. The second-order valence-corrected chi connectivity index (χ2v) is 27.4. The van der Waals surface area contributed by atoms with E-state index in [1.807, 2.05) is 0 Å². The van der Waals surface area contributed by atoms with Crippen LogP contribution in [-0.2, 0) is 0 Å². The van der Waals surface area contributed by atoms with E-state index in [2.05, 4.69) is 434 Å². The van der Waals surface area contributed by atoms with Gasteiger partial charge in [-0.25, -0.2) is 0 Å². The van der Waals surface area contributed by atoms with Crippen molar-refractivity contribution < 1.29 is 8.83 Å². The average Bonchev–Trinajstić information content (AvgIpc) is 1.57. The molecule has 0 amide bonds. The number of furan rings is 2. The largest absolute Gasteiger partial charge is 0.453 e. The van der Waals surface area contributed by atoms with Gasteiger partial charge < -0.3 is 18.6 Å². The summed E-state index contributed by atoms with van der Waals surface area (Å²) >= 11 is 0. The number of para-hydroxylation sites is 2. The van der Waals surface area contributed by atoms with E-state index in [4.69, 9.17) is 8.83 Å². The van der Waals surface area contributed by atoms with Crippen LogP contribution in [0, 0.1) is 0 Å². The third-order valence-electron chi connectivity index (χ3n) is 20.9. The van der Waals surface area contributed by atoms with Crippen LogP contribution in [0.4, 0.5) is 34.1 Å². The summed E-state index contributed by atoms with van der Waals surface area (Å²) in [5.41, 5.74) is 28.2. The summed E-state index contributed by atoms with van der Waals surface area (Å²) in [4.78, 5) is 4.70. The normalized spacial score (nSPS) is 11.3. The summed E-state index contributed by atoms with van der Waals surface area (Å²) in [5.74, 6) is 0. The maximum absolute atomic E-state index is 7.15. The van der Waals surface area contributed by atoms with E-state index in [9.17, 15) is 0 Å². The molecule has 0 N–H and O–H groups in total. The first-order valence-electron chi connectivity index (χ1n) is 36.8. The van der Waals surface area contributed by atoms with E-state index in [-0.39, 0.29) is 0 Å². The summed E-state index contributed by atoms with van der Waals surface area (Å²) in [6.07, 6.45) is 0. The van der Waals surface area contributed by atoms with E-state index < -0.39 is 0 Å². The molecule has 0 saturated carbocycles. The van der Waals surface area contributed by atoms with Crippen molar-refractivity contribution in [2.24, 2.45) is 0 Å². The Morgan fingerprint density at radius 1 is 0.157 bits per heavy atom. The first-order chi connectivity index (χ1) is 53.6. The molecule has 4 heteroatoms. The van der Waals surface area contributed by atoms with Crippen LogP contribution in [0.3, 0.4) is 0 Å². The van der Waals surface area contributed by atoms with Crippen molar-refractivity contribution in [1.82, 2.24) is 0 Å². The highest BCUT2D eigenvalue weighted by molar-refractivity contribution is 6.26. The molecule has 2 heterocycles. The number of rotatable bonds is 14. The predicted molar refractivity (Wildman–Crippen MR) is 455 cm³/mol. The van der Waals surface area contributed by atoms with Gasteiger partial charge >= 0.3 is 0 Å². The zero-order valence-corrected chi connectivity index (χ0v) is 59.1. The highest BCUT2D eigenvalue weighted by atomic mass is 16.3. The van der Waals surface area contributed by atoms with Gasteiger partial charge in [-0.05, 0) is 178 Å². The van der Waals surface area contributed by atoms with Gasteiger partial charge in [0.1, 0.15) is 11.2 Å². The standard InChI is InChI=1S/2C52H35NO/c1-4-16-36(17-5-1)39-23-12-24-40(32-39)42-26-14-28-45(34-42)53(44-27-13-25-41(33-44)37-18-6-2-7-19-37)49-31-15-30-47-50-46-29-11-10-22-43(46)35-48(52(50)54-51(47)49)38-20-8-3-9-21-38;1-4-15-36(16-5-1)38-29-31-39(32-30-38)42-23-13-25-45(34-42)53(44-24-12-22-41(33-44)37-17-6-2-7-18-37)49-28-14-27-47-50-46-26-11-10-21-43(46)35-48(52(50)54-51(47)49)40-19-8-3-9-20-40/h2*1-35H. The lowest BCUT2D eigenvalue weighted by Crippen LogP contribution is -2.10. The van der Waals surface area contributed by atoms with E-state index in [1.54, 1.807) is 0 Å². The van der Waals surface area contributed by atoms with Crippen LogP contribution in [0.2, 0.25) is 0 Å². The molecule has 4 nitrogen and oxygen atoms in total. The van der Waals surface area contributed by atoms with Gasteiger partial charge in [0.2, 0.25) is 0 Å². The molecule has 0 saturated heterocycles. The van der Waals surface area contributed by atoms with Gasteiger partial charge in [0.15, 0.2) is 11.2 Å². The van der Waals surface area contributed by atoms with Gasteiger partial charge in [-0.1, -0.05) is 346 Å². The summed E-state index contributed by atoms with van der Waals surface area (Å²) < 4.78 is 14.3. The fourth-order valence-electron chi connectivity index (χ4n) is 15.7. The molecule has 0 aliphatic carbocycles. The molecule has 0 atom stereocenters. The fraction of sp³-hybridized carbons (Fsp3) is 0. The SMILES string of the molecule is c1ccc(-c2ccc(-c3cccc(N(c4cccc(-c5ccccc5)c4)c4cccc5c4oc4c(-c6ccccc6)cc6ccccc6c45)c3)cc2)cc1.c1ccc(-c2cccc(-c3cccc(N(c4cccc(-c5ccccc5)c4)c4cccc5c4oc4c(-c6ccccc6)cc6ccccc6c45)c3)c2)cc1. The third kappa shape index (κ3) is 12.3. The Morgan fingerprint density at radius 3 is 0.759 bits per heavy atom. The van der Waals surface area contributed by atoms with Gasteiger partial charge in [-0.2, -0.15) is 0 Å². The molecule has 0 aliphatic rings. The molecule has 0 unspecified atom stereocenters. The Bertz CT molecular complexity index is 6650. The summed E-state index contributed by atoms with van der Waals surface area (Å²) in [6.45, 7) is 0. The first kappa shape index (κ1) is 64.5. The molecule has 108 heavy (non-hydrogen) atoms. The molecule has 18 aromatic carbocycles. The van der Waals surface area contributed by atoms with Gasteiger partial charge in [-0.15, -0.1) is 0 Å². The molecule has 2 aromatic heterocycles. The molecular formula is C104H70N2O2. The smallest absolute Gasteiger partial charge is 0.159 e. The van der Waals surface area contributed by atoms with Gasteiger partial charge in [0, 0.05) is 55.4 Å². The number of hydrogen-bond acceptors (Lipinski definition) is 4. The van der Waals surface area contributed by atoms with Crippen molar-refractivity contribution in [1.29, 1.82) is 0 Å². The van der Waals surface area contributed by atoms with Crippen molar-refractivity contribution in [3.63, 3.8) is 0 Å². The Labute approximate surface area is 627 Å². The molecular weight excluding hydrogens is 1310 g/mol. The average molecular weight is 1380 g/mol. The Hall–Kier alpha value is -14.3. The van der Waals surface area contributed by atoms with Crippen LogP contribution >= 0.6 is 0 Å². The number of anilines is 6. The minimum absolute atomic E-state index is 0.850. The van der Waals surface area contributed by atoms with Crippen LogP contribution in [0.25, 0.3) is 154 Å². The summed E-state index contributed by atoms with van der Waals surface area (Å²) in [7, 11) is 0. The van der Waals surface area contributed by atoms with Gasteiger partial charge in [0.25, 0.3) is 0 Å². The summed E-state index contributed by atoms with van der Waals surface area (Å²) in [5, 5.41) is 9.19. The minimum atomic E-state index is 0.850. The number of benzene rings is 18.